The molecule has 2 aromatic rings. The van der Waals surface area contributed by atoms with Crippen LogP contribution in [0.1, 0.15) is 53.9 Å². The van der Waals surface area contributed by atoms with E-state index in [1.54, 1.807) is 26.2 Å². The van der Waals surface area contributed by atoms with E-state index >= 15 is 0 Å². The highest BCUT2D eigenvalue weighted by molar-refractivity contribution is 7.99. The molecule has 1 aromatic carbocycles. The molecule has 0 radical (unpaired) electrons. The minimum atomic E-state index is -4.78. The Kier molecular flexibility index (Phi) is 11.5. The minimum absolute atomic E-state index is 0.0465. The summed E-state index contributed by atoms with van der Waals surface area (Å²) in [6.45, 7) is 2.84. The molecule has 2 amide bonds. The van der Waals surface area contributed by atoms with Gasteiger partial charge in [0.15, 0.2) is 0 Å². The van der Waals surface area contributed by atoms with E-state index in [-0.39, 0.29) is 42.9 Å². The number of nitrogens with one attached hydrogen (secondary N) is 2. The number of rotatable bonds is 13. The Labute approximate surface area is 220 Å². The largest absolute Gasteiger partial charge is 0.522 e. The summed E-state index contributed by atoms with van der Waals surface area (Å²) in [7, 11) is 0. The minimum Gasteiger partial charge on any atom is -0.322 e. The topological polar surface area (TPSA) is 85.2 Å². The normalized spacial score (nSPS) is 12.0. The molecule has 14 heteroatoms. The van der Waals surface area contributed by atoms with Gasteiger partial charge in [0.05, 0.1) is 18.1 Å². The first-order valence-electron chi connectivity index (χ1n) is 11.9. The summed E-state index contributed by atoms with van der Waals surface area (Å²) < 4.78 is 79.9. The van der Waals surface area contributed by atoms with Gasteiger partial charge in [-0.15, -0.1) is 13.2 Å². The van der Waals surface area contributed by atoms with Crippen molar-refractivity contribution in [1.29, 1.82) is 0 Å². The van der Waals surface area contributed by atoms with E-state index in [4.69, 9.17) is 0 Å². The fourth-order valence-electron chi connectivity index (χ4n) is 3.68. The van der Waals surface area contributed by atoms with Gasteiger partial charge >= 0.3 is 12.5 Å². The van der Waals surface area contributed by atoms with Crippen molar-refractivity contribution < 1.29 is 40.7 Å². The zero-order valence-corrected chi connectivity index (χ0v) is 22.0. The van der Waals surface area contributed by atoms with E-state index in [0.717, 1.165) is 0 Å². The molecule has 38 heavy (non-hydrogen) atoms. The van der Waals surface area contributed by atoms with Crippen LogP contribution in [0.4, 0.5) is 37.8 Å². The number of alkyl halides is 6. The van der Waals surface area contributed by atoms with Crippen LogP contribution in [0.3, 0.4) is 0 Å². The van der Waals surface area contributed by atoms with Crippen LogP contribution >= 0.6 is 11.8 Å². The smallest absolute Gasteiger partial charge is 0.322 e. The molecule has 1 aromatic heterocycles. The molecule has 0 fully saturated rings. The van der Waals surface area contributed by atoms with E-state index in [1.807, 2.05) is 0 Å². The summed E-state index contributed by atoms with van der Waals surface area (Å²) in [5, 5.41) is 9.72. The molecule has 0 atom stereocenters. The highest BCUT2D eigenvalue weighted by Crippen LogP contribution is 2.27. The van der Waals surface area contributed by atoms with Crippen molar-refractivity contribution in [3.63, 3.8) is 0 Å². The fraction of sp³-hybridized carbons (Fsp3) is 0.542. The molecule has 0 aliphatic carbocycles. The first kappa shape index (κ1) is 31.5. The standard InChI is InChI=1S/C24H30F6N4O3S/c1-4-16-13-15(9-10-23(25,26)27)7-8-18(16)31-22(36)20-17(5-2)33-34(11-6-12-37-24(28,29)30)21(20)32-19(35)14-38-3/h7-8,13H,4-6,9-12,14H2,1-3H3,(H,31,36)(H,32,35). The van der Waals surface area contributed by atoms with Crippen LogP contribution in [0.15, 0.2) is 18.2 Å². The van der Waals surface area contributed by atoms with Crippen LogP contribution in [-0.4, -0.2) is 52.7 Å². The number of hydrogen-bond donors (Lipinski definition) is 2. The Morgan fingerprint density at radius 3 is 2.37 bits per heavy atom. The predicted molar refractivity (Wildman–Crippen MR) is 133 cm³/mol. The number of halogens is 6. The molecular formula is C24H30F6N4O3S. The monoisotopic (exact) mass is 568 g/mol. The van der Waals surface area contributed by atoms with Crippen LogP contribution in [-0.2, 0) is 35.3 Å². The summed E-state index contributed by atoms with van der Waals surface area (Å²) in [5.74, 6) is -0.920. The number of aryl methyl sites for hydroxylation is 4. The first-order valence-corrected chi connectivity index (χ1v) is 13.3. The van der Waals surface area contributed by atoms with E-state index in [9.17, 15) is 35.9 Å². The van der Waals surface area contributed by atoms with Crippen LogP contribution in [0, 0.1) is 0 Å². The van der Waals surface area contributed by atoms with Crippen molar-refractivity contribution in [2.45, 2.75) is 65.0 Å². The van der Waals surface area contributed by atoms with Crippen molar-refractivity contribution in [3.05, 3.63) is 40.6 Å². The van der Waals surface area contributed by atoms with Gasteiger partial charge in [-0.3, -0.25) is 14.3 Å². The van der Waals surface area contributed by atoms with Crippen LogP contribution in [0.2, 0.25) is 0 Å². The fourth-order valence-corrected chi connectivity index (χ4v) is 4.01. The summed E-state index contributed by atoms with van der Waals surface area (Å²) >= 11 is 1.24. The molecule has 2 N–H and O–H groups in total. The lowest BCUT2D eigenvalue weighted by atomic mass is 10.0. The Morgan fingerprint density at radius 1 is 1.08 bits per heavy atom. The Morgan fingerprint density at radius 2 is 1.79 bits per heavy atom. The van der Waals surface area contributed by atoms with Crippen LogP contribution in [0.5, 0.6) is 0 Å². The maximum atomic E-state index is 13.4. The molecule has 2 rings (SSSR count). The Balaban J connectivity index is 2.34. The number of ether oxygens (including phenoxy) is 1. The van der Waals surface area contributed by atoms with Gasteiger partial charge in [0.2, 0.25) is 5.91 Å². The maximum Gasteiger partial charge on any atom is 0.522 e. The Bertz CT molecular complexity index is 1100. The first-order chi connectivity index (χ1) is 17.8. The third-order valence-corrected chi connectivity index (χ3v) is 5.95. The summed E-state index contributed by atoms with van der Waals surface area (Å²) in [4.78, 5) is 25.8. The second-order valence-electron chi connectivity index (χ2n) is 8.29. The molecule has 0 unspecified atom stereocenters. The average molecular weight is 569 g/mol. The third kappa shape index (κ3) is 9.86. The second kappa shape index (κ2) is 13.9. The molecule has 7 nitrogen and oxygen atoms in total. The summed E-state index contributed by atoms with van der Waals surface area (Å²) in [6, 6.07) is 4.64. The van der Waals surface area contributed by atoms with Gasteiger partial charge in [0.25, 0.3) is 5.91 Å². The number of nitrogens with zero attached hydrogens (tertiary/aromatic N) is 2. The lowest BCUT2D eigenvalue weighted by Crippen LogP contribution is -2.22. The number of anilines is 2. The van der Waals surface area contributed by atoms with E-state index in [1.165, 1.54) is 28.6 Å². The van der Waals surface area contributed by atoms with Crippen molar-refractivity contribution in [2.24, 2.45) is 0 Å². The molecular weight excluding hydrogens is 538 g/mol. The van der Waals surface area contributed by atoms with Gasteiger partial charge in [0.1, 0.15) is 11.4 Å². The van der Waals surface area contributed by atoms with E-state index in [2.05, 4.69) is 20.5 Å². The number of hydrogen-bond acceptors (Lipinski definition) is 5. The highest BCUT2D eigenvalue weighted by atomic mass is 32.2. The molecule has 0 saturated carbocycles. The van der Waals surface area contributed by atoms with Crippen LogP contribution < -0.4 is 10.6 Å². The Hall–Kier alpha value is -2.74. The van der Waals surface area contributed by atoms with Crippen molar-refractivity contribution in [2.75, 3.05) is 29.2 Å². The van der Waals surface area contributed by atoms with Crippen LogP contribution in [0.25, 0.3) is 0 Å². The second-order valence-corrected chi connectivity index (χ2v) is 9.16. The van der Waals surface area contributed by atoms with Gasteiger partial charge in [-0.05, 0) is 49.1 Å². The van der Waals surface area contributed by atoms with Gasteiger partial charge in [-0.1, -0.05) is 26.0 Å². The number of benzene rings is 1. The number of carbonyl (C=O) groups excluding carboxylic acids is 2. The molecule has 0 aliphatic heterocycles. The van der Waals surface area contributed by atoms with Crippen molar-refractivity contribution in [3.8, 4) is 0 Å². The zero-order valence-electron chi connectivity index (χ0n) is 21.2. The van der Waals surface area contributed by atoms with E-state index < -0.39 is 37.4 Å². The van der Waals surface area contributed by atoms with Crippen molar-refractivity contribution >= 4 is 35.1 Å². The lowest BCUT2D eigenvalue weighted by Gasteiger charge is -2.14. The molecule has 0 bridgehead atoms. The molecule has 212 valence electrons. The number of aromatic nitrogens is 2. The highest BCUT2D eigenvalue weighted by Gasteiger charge is 2.29. The predicted octanol–water partition coefficient (Wildman–Crippen LogP) is 5.98. The molecule has 0 saturated heterocycles. The SMILES string of the molecule is CCc1cc(CCC(F)(F)F)ccc1NC(=O)c1c(CC)nn(CCCOC(F)(F)F)c1NC(=O)CSC. The zero-order chi connectivity index (χ0) is 28.5. The van der Waals surface area contributed by atoms with Gasteiger partial charge < -0.3 is 10.6 Å². The number of thioether (sulfide) groups is 1. The number of amides is 2. The molecule has 0 spiro atoms. The molecule has 0 aliphatic rings. The average Bonchev–Trinajstić information content (AvgIpc) is 3.17. The van der Waals surface area contributed by atoms with Gasteiger partial charge in [-0.25, -0.2) is 4.68 Å². The third-order valence-electron chi connectivity index (χ3n) is 5.40. The molecule has 1 heterocycles. The van der Waals surface area contributed by atoms with E-state index in [0.29, 0.717) is 28.9 Å². The summed E-state index contributed by atoms with van der Waals surface area (Å²) in [6.07, 6.45) is -7.88. The van der Waals surface area contributed by atoms with Gasteiger partial charge in [-0.2, -0.15) is 30.0 Å². The lowest BCUT2D eigenvalue weighted by molar-refractivity contribution is -0.324. The van der Waals surface area contributed by atoms with Gasteiger partial charge in [0, 0.05) is 18.7 Å². The van der Waals surface area contributed by atoms with Crippen molar-refractivity contribution in [1.82, 2.24) is 9.78 Å². The maximum absolute atomic E-state index is 13.4. The quantitative estimate of drug-likeness (QED) is 0.229. The summed E-state index contributed by atoms with van der Waals surface area (Å²) in [5.41, 5.74) is 1.87. The number of carbonyl (C=O) groups is 2.